The van der Waals surface area contributed by atoms with Gasteiger partial charge in [0, 0.05) is 25.6 Å². The Morgan fingerprint density at radius 1 is 1.47 bits per heavy atom. The number of carbonyl (C=O) groups is 2. The van der Waals surface area contributed by atoms with Gasteiger partial charge in [0.15, 0.2) is 0 Å². The van der Waals surface area contributed by atoms with E-state index in [2.05, 4.69) is 25.9 Å². The Labute approximate surface area is 111 Å². The molecule has 1 fully saturated rings. The van der Waals surface area contributed by atoms with Gasteiger partial charge in [0.05, 0.1) is 12.4 Å². The monoisotopic (exact) mass is 263 g/mol. The molecule has 2 rings (SSSR count). The Hall–Kier alpha value is -2.18. The first-order valence-electron chi connectivity index (χ1n) is 6.32. The van der Waals surface area contributed by atoms with Gasteiger partial charge in [-0.3, -0.25) is 9.59 Å². The van der Waals surface area contributed by atoms with E-state index in [0.717, 1.165) is 6.54 Å². The van der Waals surface area contributed by atoms with Crippen molar-refractivity contribution in [1.29, 1.82) is 0 Å². The third-order valence-electron chi connectivity index (χ3n) is 2.84. The van der Waals surface area contributed by atoms with Crippen LogP contribution in [0.15, 0.2) is 12.4 Å². The molecular formula is C12H17N5O2. The van der Waals surface area contributed by atoms with Gasteiger partial charge in [-0.25, -0.2) is 9.97 Å². The molecule has 102 valence electrons. The molecule has 1 aliphatic rings. The largest absolute Gasteiger partial charge is 0.369 e. The molecule has 7 heteroatoms. The lowest BCUT2D eigenvalue weighted by Gasteiger charge is -2.23. The number of aromatic nitrogens is 2. The predicted molar refractivity (Wildman–Crippen MR) is 69.7 cm³/mol. The zero-order valence-electron chi connectivity index (χ0n) is 10.8. The maximum absolute atomic E-state index is 11.9. The molecule has 1 atom stereocenters. The van der Waals surface area contributed by atoms with Crippen LogP contribution in [-0.4, -0.2) is 40.9 Å². The lowest BCUT2D eigenvalue weighted by atomic mass is 10.1. The molecule has 0 aliphatic carbocycles. The van der Waals surface area contributed by atoms with Gasteiger partial charge in [0.1, 0.15) is 11.5 Å². The SMILES string of the molecule is CCNc1cnc(C(=O)NC2CCC(=O)NC2)cn1. The van der Waals surface area contributed by atoms with Crippen LogP contribution in [0.25, 0.3) is 0 Å². The first-order valence-corrected chi connectivity index (χ1v) is 6.32. The Morgan fingerprint density at radius 3 is 2.89 bits per heavy atom. The number of amides is 2. The van der Waals surface area contributed by atoms with Crippen molar-refractivity contribution in [3.63, 3.8) is 0 Å². The van der Waals surface area contributed by atoms with Crippen LogP contribution in [0.3, 0.4) is 0 Å². The zero-order chi connectivity index (χ0) is 13.7. The number of rotatable bonds is 4. The molecule has 0 aromatic carbocycles. The highest BCUT2D eigenvalue weighted by molar-refractivity contribution is 5.92. The van der Waals surface area contributed by atoms with E-state index in [4.69, 9.17) is 0 Å². The first kappa shape index (κ1) is 13.3. The van der Waals surface area contributed by atoms with Crippen LogP contribution in [0.2, 0.25) is 0 Å². The fourth-order valence-electron chi connectivity index (χ4n) is 1.83. The summed E-state index contributed by atoms with van der Waals surface area (Å²) in [4.78, 5) is 31.1. The minimum Gasteiger partial charge on any atom is -0.369 e. The van der Waals surface area contributed by atoms with Crippen molar-refractivity contribution in [2.75, 3.05) is 18.4 Å². The van der Waals surface area contributed by atoms with Crippen LogP contribution in [0.5, 0.6) is 0 Å². The summed E-state index contributed by atoms with van der Waals surface area (Å²) in [6, 6.07) is -0.0413. The lowest BCUT2D eigenvalue weighted by molar-refractivity contribution is -0.122. The van der Waals surface area contributed by atoms with E-state index < -0.39 is 0 Å². The number of piperidine rings is 1. The quantitative estimate of drug-likeness (QED) is 0.706. The fraction of sp³-hybridized carbons (Fsp3) is 0.500. The molecule has 0 bridgehead atoms. The molecule has 2 heterocycles. The van der Waals surface area contributed by atoms with Gasteiger partial charge in [0.25, 0.3) is 5.91 Å². The maximum Gasteiger partial charge on any atom is 0.271 e. The molecule has 0 spiro atoms. The van der Waals surface area contributed by atoms with Gasteiger partial charge in [0.2, 0.25) is 5.91 Å². The molecule has 2 amide bonds. The molecule has 1 aromatic rings. The second-order valence-electron chi connectivity index (χ2n) is 4.33. The molecule has 1 aromatic heterocycles. The zero-order valence-corrected chi connectivity index (χ0v) is 10.8. The Morgan fingerprint density at radius 2 is 2.32 bits per heavy atom. The summed E-state index contributed by atoms with van der Waals surface area (Å²) in [5.74, 6) is 0.404. The van der Waals surface area contributed by atoms with Crippen molar-refractivity contribution < 1.29 is 9.59 Å². The highest BCUT2D eigenvalue weighted by atomic mass is 16.2. The van der Waals surface area contributed by atoms with Crippen LogP contribution in [-0.2, 0) is 4.79 Å². The van der Waals surface area contributed by atoms with Gasteiger partial charge in [-0.15, -0.1) is 0 Å². The van der Waals surface area contributed by atoms with Crippen LogP contribution in [0.1, 0.15) is 30.3 Å². The molecule has 0 saturated carbocycles. The summed E-state index contributed by atoms with van der Waals surface area (Å²) in [7, 11) is 0. The summed E-state index contributed by atoms with van der Waals surface area (Å²) >= 11 is 0. The molecule has 3 N–H and O–H groups in total. The van der Waals surface area contributed by atoms with Gasteiger partial charge >= 0.3 is 0 Å². The summed E-state index contributed by atoms with van der Waals surface area (Å²) in [5.41, 5.74) is 0.276. The molecule has 1 saturated heterocycles. The van der Waals surface area contributed by atoms with E-state index in [1.807, 2.05) is 6.92 Å². The Balaban J connectivity index is 1.90. The molecule has 7 nitrogen and oxygen atoms in total. The third kappa shape index (κ3) is 3.64. The maximum atomic E-state index is 11.9. The van der Waals surface area contributed by atoms with Crippen LogP contribution in [0.4, 0.5) is 5.82 Å². The minimum atomic E-state index is -0.267. The second kappa shape index (κ2) is 6.12. The molecule has 1 unspecified atom stereocenters. The number of anilines is 1. The summed E-state index contributed by atoms with van der Waals surface area (Å²) in [6.45, 7) is 3.18. The van der Waals surface area contributed by atoms with E-state index in [1.165, 1.54) is 12.4 Å². The van der Waals surface area contributed by atoms with E-state index in [1.54, 1.807) is 0 Å². The summed E-state index contributed by atoms with van der Waals surface area (Å²) < 4.78 is 0. The summed E-state index contributed by atoms with van der Waals surface area (Å²) in [5, 5.41) is 8.55. The molecular weight excluding hydrogens is 246 g/mol. The van der Waals surface area contributed by atoms with Gasteiger partial charge in [-0.05, 0) is 13.3 Å². The van der Waals surface area contributed by atoms with Gasteiger partial charge in [-0.2, -0.15) is 0 Å². The number of hydrogen-bond acceptors (Lipinski definition) is 5. The molecule has 1 aliphatic heterocycles. The standard InChI is InChI=1S/C12H17N5O2/c1-2-13-10-7-14-9(6-15-10)12(19)17-8-3-4-11(18)16-5-8/h6-8H,2-5H2,1H3,(H,13,15)(H,16,18)(H,17,19). The topological polar surface area (TPSA) is 96.0 Å². The molecule has 0 radical (unpaired) electrons. The number of nitrogens with zero attached hydrogens (tertiary/aromatic N) is 2. The van der Waals surface area contributed by atoms with Crippen LogP contribution < -0.4 is 16.0 Å². The van der Waals surface area contributed by atoms with Crippen molar-refractivity contribution in [2.24, 2.45) is 0 Å². The smallest absolute Gasteiger partial charge is 0.271 e. The highest BCUT2D eigenvalue weighted by Gasteiger charge is 2.20. The third-order valence-corrected chi connectivity index (χ3v) is 2.84. The van der Waals surface area contributed by atoms with Crippen molar-refractivity contribution in [2.45, 2.75) is 25.8 Å². The van der Waals surface area contributed by atoms with E-state index in [0.29, 0.717) is 25.2 Å². The highest BCUT2D eigenvalue weighted by Crippen LogP contribution is 2.05. The van der Waals surface area contributed by atoms with E-state index in [-0.39, 0.29) is 23.6 Å². The van der Waals surface area contributed by atoms with Crippen molar-refractivity contribution >= 4 is 17.6 Å². The number of hydrogen-bond donors (Lipinski definition) is 3. The minimum absolute atomic E-state index is 0.0280. The normalized spacial score (nSPS) is 18.6. The van der Waals surface area contributed by atoms with Crippen molar-refractivity contribution in [3.05, 3.63) is 18.1 Å². The average Bonchev–Trinajstić information content (AvgIpc) is 2.42. The average molecular weight is 263 g/mol. The number of carbonyl (C=O) groups excluding carboxylic acids is 2. The number of nitrogens with one attached hydrogen (secondary N) is 3. The Bertz CT molecular complexity index is 450. The Kier molecular flexibility index (Phi) is 4.27. The first-order chi connectivity index (χ1) is 9.19. The lowest BCUT2D eigenvalue weighted by Crippen LogP contribution is -2.47. The summed E-state index contributed by atoms with van der Waals surface area (Å²) in [6.07, 6.45) is 4.06. The predicted octanol–water partition coefficient (Wildman–Crippen LogP) is -0.0832. The van der Waals surface area contributed by atoms with Gasteiger partial charge in [-0.1, -0.05) is 0 Å². The fourth-order valence-corrected chi connectivity index (χ4v) is 1.83. The van der Waals surface area contributed by atoms with Crippen LogP contribution >= 0.6 is 0 Å². The van der Waals surface area contributed by atoms with Gasteiger partial charge < -0.3 is 16.0 Å². The van der Waals surface area contributed by atoms with E-state index >= 15 is 0 Å². The van der Waals surface area contributed by atoms with E-state index in [9.17, 15) is 9.59 Å². The molecule has 19 heavy (non-hydrogen) atoms. The van der Waals surface area contributed by atoms with Crippen LogP contribution in [0, 0.1) is 0 Å². The van der Waals surface area contributed by atoms with Crippen molar-refractivity contribution in [3.8, 4) is 0 Å². The second-order valence-corrected chi connectivity index (χ2v) is 4.33. The van der Waals surface area contributed by atoms with Crippen molar-refractivity contribution in [1.82, 2.24) is 20.6 Å².